The van der Waals surface area contributed by atoms with Gasteiger partial charge >= 0.3 is 0 Å². The highest BCUT2D eigenvalue weighted by Gasteiger charge is 2.39. The molecule has 1 saturated carbocycles. The zero-order valence-corrected chi connectivity index (χ0v) is 11.6. The van der Waals surface area contributed by atoms with Gasteiger partial charge in [0.05, 0.1) is 12.8 Å². The molecule has 2 aliphatic rings. The average Bonchev–Trinajstić information content (AvgIpc) is 3.02. The Labute approximate surface area is 112 Å². The number of hydrogen-bond acceptors (Lipinski definition) is 3. The van der Waals surface area contributed by atoms with Gasteiger partial charge < -0.3 is 9.73 Å². The molecule has 4 heteroatoms. The van der Waals surface area contributed by atoms with Gasteiger partial charge in [-0.05, 0) is 43.7 Å². The number of nitrogens with one attached hydrogen (secondary N) is 1. The zero-order valence-electron chi connectivity index (χ0n) is 10.8. The van der Waals surface area contributed by atoms with E-state index in [4.69, 9.17) is 4.42 Å². The van der Waals surface area contributed by atoms with Gasteiger partial charge in [-0.2, -0.15) is 0 Å². The van der Waals surface area contributed by atoms with Crippen LogP contribution in [0, 0.1) is 5.92 Å². The molecule has 3 rings (SSSR count). The molecule has 1 aliphatic carbocycles. The second kappa shape index (κ2) is 5.00. The Morgan fingerprint density at radius 1 is 1.50 bits per heavy atom. The topological polar surface area (TPSA) is 37.5 Å². The zero-order chi connectivity index (χ0) is 12.4. The lowest BCUT2D eigenvalue weighted by atomic mass is 9.78. The fourth-order valence-electron chi connectivity index (χ4n) is 2.73. The maximum atomic E-state index is 5.30. The molecule has 1 N–H and O–H groups in total. The first-order valence-corrected chi connectivity index (χ1v) is 7.72. The fourth-order valence-corrected chi connectivity index (χ4v) is 3.95. The van der Waals surface area contributed by atoms with E-state index in [0.717, 1.165) is 16.8 Å². The maximum Gasteiger partial charge on any atom is 0.157 e. The van der Waals surface area contributed by atoms with Crippen molar-refractivity contribution in [3.63, 3.8) is 0 Å². The van der Waals surface area contributed by atoms with Crippen molar-refractivity contribution in [2.45, 2.75) is 44.7 Å². The van der Waals surface area contributed by atoms with Crippen molar-refractivity contribution in [3.8, 4) is 0 Å². The summed E-state index contributed by atoms with van der Waals surface area (Å²) in [6.07, 6.45) is 6.98. The third kappa shape index (κ3) is 2.58. The molecule has 0 radical (unpaired) electrons. The summed E-state index contributed by atoms with van der Waals surface area (Å²) in [6.45, 7) is 3.01. The van der Waals surface area contributed by atoms with E-state index < -0.39 is 0 Å². The van der Waals surface area contributed by atoms with Crippen molar-refractivity contribution in [1.82, 2.24) is 5.32 Å². The van der Waals surface area contributed by atoms with E-state index in [1.807, 2.05) is 23.9 Å². The smallest absolute Gasteiger partial charge is 0.157 e. The maximum absolute atomic E-state index is 5.30. The van der Waals surface area contributed by atoms with E-state index in [2.05, 4.69) is 17.2 Å². The van der Waals surface area contributed by atoms with Crippen LogP contribution >= 0.6 is 11.8 Å². The number of amidine groups is 1. The van der Waals surface area contributed by atoms with Gasteiger partial charge in [-0.25, -0.2) is 0 Å². The second-order valence-corrected chi connectivity index (χ2v) is 6.54. The van der Waals surface area contributed by atoms with Gasteiger partial charge in [-0.1, -0.05) is 18.7 Å². The molecule has 1 aromatic rings. The van der Waals surface area contributed by atoms with Crippen molar-refractivity contribution < 1.29 is 4.42 Å². The molecule has 1 saturated heterocycles. The largest absolute Gasteiger partial charge is 0.467 e. The molecule has 2 fully saturated rings. The summed E-state index contributed by atoms with van der Waals surface area (Å²) < 4.78 is 5.30. The number of hydrogen-bond donors (Lipinski definition) is 1. The van der Waals surface area contributed by atoms with Gasteiger partial charge in [0.15, 0.2) is 5.17 Å². The van der Waals surface area contributed by atoms with Gasteiger partial charge in [-0.3, -0.25) is 4.99 Å². The van der Waals surface area contributed by atoms with Gasteiger partial charge in [-0.15, -0.1) is 0 Å². The molecular formula is C14H20N2OS. The van der Waals surface area contributed by atoms with E-state index in [0.29, 0.717) is 12.1 Å². The minimum Gasteiger partial charge on any atom is -0.467 e. The summed E-state index contributed by atoms with van der Waals surface area (Å²) in [7, 11) is 0. The first-order valence-electron chi connectivity index (χ1n) is 6.74. The van der Waals surface area contributed by atoms with E-state index in [1.165, 1.54) is 31.4 Å². The van der Waals surface area contributed by atoms with Gasteiger partial charge in [0, 0.05) is 11.3 Å². The van der Waals surface area contributed by atoms with Crippen LogP contribution in [0.1, 0.15) is 38.4 Å². The summed E-state index contributed by atoms with van der Waals surface area (Å²) in [4.78, 5) is 4.61. The minimum absolute atomic E-state index is 0.333. The van der Waals surface area contributed by atoms with Crippen molar-refractivity contribution in [1.29, 1.82) is 0 Å². The molecule has 0 aromatic carbocycles. The lowest BCUT2D eigenvalue weighted by Crippen LogP contribution is -2.46. The molecule has 18 heavy (non-hydrogen) atoms. The summed E-state index contributed by atoms with van der Waals surface area (Å²) in [5.41, 5.74) is 0.333. The minimum atomic E-state index is 0.333. The van der Waals surface area contributed by atoms with Crippen LogP contribution in [0.5, 0.6) is 0 Å². The average molecular weight is 264 g/mol. The van der Waals surface area contributed by atoms with Crippen LogP contribution in [-0.2, 0) is 6.54 Å². The third-order valence-electron chi connectivity index (χ3n) is 4.05. The number of furan rings is 1. The van der Waals surface area contributed by atoms with Crippen molar-refractivity contribution >= 4 is 16.9 Å². The molecule has 98 valence electrons. The van der Waals surface area contributed by atoms with Crippen molar-refractivity contribution in [3.05, 3.63) is 24.2 Å². The van der Waals surface area contributed by atoms with Crippen molar-refractivity contribution in [2.75, 3.05) is 5.75 Å². The normalized spacial score (nSPS) is 34.1. The summed E-state index contributed by atoms with van der Waals surface area (Å²) in [6, 6.07) is 3.89. The first kappa shape index (κ1) is 12.2. The van der Waals surface area contributed by atoms with E-state index in [9.17, 15) is 0 Å². The highest BCUT2D eigenvalue weighted by molar-refractivity contribution is 8.14. The Morgan fingerprint density at radius 3 is 3.06 bits per heavy atom. The van der Waals surface area contributed by atoms with Gasteiger partial charge in [0.25, 0.3) is 0 Å². The Hall–Kier alpha value is -0.900. The lowest BCUT2D eigenvalue weighted by molar-refractivity contribution is 0.250. The highest BCUT2D eigenvalue weighted by atomic mass is 32.2. The molecule has 2 heterocycles. The molecule has 1 spiro atoms. The van der Waals surface area contributed by atoms with Crippen LogP contribution in [0.25, 0.3) is 0 Å². The lowest BCUT2D eigenvalue weighted by Gasteiger charge is -2.35. The predicted molar refractivity (Wildman–Crippen MR) is 75.8 cm³/mol. The van der Waals surface area contributed by atoms with Crippen LogP contribution in [0.15, 0.2) is 27.8 Å². The summed E-state index contributed by atoms with van der Waals surface area (Å²) in [5, 5.41) is 4.76. The van der Waals surface area contributed by atoms with Crippen LogP contribution in [0.4, 0.5) is 0 Å². The summed E-state index contributed by atoms with van der Waals surface area (Å²) >= 11 is 1.87. The SMILES string of the molecule is CC1CCC2(CC1)CSC(=NCc1ccco1)N2. The molecule has 1 aliphatic heterocycles. The Balaban J connectivity index is 1.59. The predicted octanol–water partition coefficient (Wildman–Crippen LogP) is 3.42. The van der Waals surface area contributed by atoms with Crippen molar-refractivity contribution in [2.24, 2.45) is 10.9 Å². The standard InChI is InChI=1S/C14H20N2OS/c1-11-4-6-14(7-5-11)10-18-13(16-14)15-9-12-3-2-8-17-12/h2-3,8,11H,4-7,9-10H2,1H3,(H,15,16). The second-order valence-electron chi connectivity index (χ2n) is 5.58. The Bertz CT molecular complexity index is 419. The number of thioether (sulfide) groups is 1. The molecule has 1 aromatic heterocycles. The molecule has 0 bridgehead atoms. The van der Waals surface area contributed by atoms with Crippen LogP contribution in [0.3, 0.4) is 0 Å². The summed E-state index contributed by atoms with van der Waals surface area (Å²) in [5.74, 6) is 3.01. The molecule has 0 amide bonds. The van der Waals surface area contributed by atoms with Crippen LogP contribution in [-0.4, -0.2) is 16.5 Å². The molecule has 0 unspecified atom stereocenters. The Morgan fingerprint density at radius 2 is 2.33 bits per heavy atom. The number of aliphatic imine (C=N–C) groups is 1. The van der Waals surface area contributed by atoms with Crippen LogP contribution < -0.4 is 5.32 Å². The van der Waals surface area contributed by atoms with Gasteiger partial charge in [0.2, 0.25) is 0 Å². The quantitative estimate of drug-likeness (QED) is 0.889. The fraction of sp³-hybridized carbons (Fsp3) is 0.643. The number of nitrogens with zero attached hydrogens (tertiary/aromatic N) is 1. The molecule has 3 nitrogen and oxygen atoms in total. The first-order chi connectivity index (χ1) is 8.76. The van der Waals surface area contributed by atoms with E-state index >= 15 is 0 Å². The van der Waals surface area contributed by atoms with E-state index in [-0.39, 0.29) is 0 Å². The van der Waals surface area contributed by atoms with Gasteiger partial charge in [0.1, 0.15) is 5.76 Å². The third-order valence-corrected chi connectivity index (χ3v) is 5.25. The van der Waals surface area contributed by atoms with Crippen LogP contribution in [0.2, 0.25) is 0 Å². The highest BCUT2D eigenvalue weighted by Crippen LogP contribution is 2.38. The molecule has 0 atom stereocenters. The monoisotopic (exact) mass is 264 g/mol. The number of rotatable bonds is 2. The Kier molecular flexibility index (Phi) is 3.37. The van der Waals surface area contributed by atoms with E-state index in [1.54, 1.807) is 6.26 Å². The molecular weight excluding hydrogens is 244 g/mol.